The Balaban J connectivity index is 1.51. The summed E-state index contributed by atoms with van der Waals surface area (Å²) >= 11 is 0. The first-order valence-corrected chi connectivity index (χ1v) is 12.4. The van der Waals surface area contributed by atoms with Crippen LogP contribution in [0.3, 0.4) is 0 Å². The maximum atomic E-state index is 13.3. The highest BCUT2D eigenvalue weighted by atomic mass is 32.2. The number of sulfonamides is 1. The summed E-state index contributed by atoms with van der Waals surface area (Å²) < 4.78 is 39.8. The highest BCUT2D eigenvalue weighted by Crippen LogP contribution is 2.46. The lowest BCUT2D eigenvalue weighted by Crippen LogP contribution is -2.31. The fraction of sp³-hybridized carbons (Fsp3) is 0.192. The molecule has 0 bridgehead atoms. The summed E-state index contributed by atoms with van der Waals surface area (Å²) in [5.41, 5.74) is 2.50. The third-order valence-corrected chi connectivity index (χ3v) is 7.38. The van der Waals surface area contributed by atoms with Crippen molar-refractivity contribution in [2.75, 3.05) is 13.7 Å². The number of amides is 1. The maximum Gasteiger partial charge on any atom is 0.283 e. The molecule has 1 aliphatic rings. The van der Waals surface area contributed by atoms with Gasteiger partial charge in [0.25, 0.3) is 15.9 Å². The van der Waals surface area contributed by atoms with E-state index >= 15 is 0 Å². The van der Waals surface area contributed by atoms with Crippen molar-refractivity contribution < 1.29 is 22.7 Å². The second kappa shape index (κ2) is 8.35. The van der Waals surface area contributed by atoms with Gasteiger partial charge in [0.15, 0.2) is 4.90 Å². The summed E-state index contributed by atoms with van der Waals surface area (Å²) in [7, 11) is -2.96. The fourth-order valence-corrected chi connectivity index (χ4v) is 5.50. The fourth-order valence-electron chi connectivity index (χ4n) is 4.22. The Bertz CT molecular complexity index is 1570. The monoisotopic (exact) mass is 489 g/mol. The van der Waals surface area contributed by atoms with E-state index in [1.807, 2.05) is 44.2 Å². The zero-order chi connectivity index (χ0) is 24.8. The molecule has 0 aliphatic carbocycles. The van der Waals surface area contributed by atoms with Crippen LogP contribution in [-0.4, -0.2) is 38.0 Å². The molecular weight excluding hydrogens is 466 g/mol. The molecule has 35 heavy (non-hydrogen) atoms. The van der Waals surface area contributed by atoms with Gasteiger partial charge >= 0.3 is 0 Å². The standard InChI is InChI=1S/C26H23N3O5S/c1-26(2)15-34-23-18(26)11-13-22(33-3)24(23)35(31,32)29-25(30)21-12-10-17-16(7-6-9-20(17)28-21)19-8-4-5-14-27-19/h4-14H,15H2,1-3H3,(H,29,30). The minimum atomic E-state index is -4.33. The van der Waals surface area contributed by atoms with Crippen molar-refractivity contribution >= 4 is 26.8 Å². The molecule has 0 saturated carbocycles. The van der Waals surface area contributed by atoms with Crippen LogP contribution in [-0.2, 0) is 15.4 Å². The SMILES string of the molecule is COc1ccc2c(c1S(=O)(=O)NC(=O)c1ccc3c(-c4ccccn4)cccc3n1)OCC2(C)C. The molecule has 0 fully saturated rings. The number of ether oxygens (including phenoxy) is 2. The number of hydrogen-bond donors (Lipinski definition) is 1. The lowest BCUT2D eigenvalue weighted by atomic mass is 9.87. The van der Waals surface area contributed by atoms with Gasteiger partial charge in [-0.1, -0.05) is 38.1 Å². The van der Waals surface area contributed by atoms with Crippen LogP contribution in [0, 0.1) is 0 Å². The lowest BCUT2D eigenvalue weighted by Gasteiger charge is -2.17. The number of pyridine rings is 2. The van der Waals surface area contributed by atoms with Crippen molar-refractivity contribution in [3.8, 4) is 22.8 Å². The molecule has 1 amide bonds. The first-order chi connectivity index (χ1) is 16.7. The molecule has 4 aromatic rings. The molecule has 0 radical (unpaired) electrons. The van der Waals surface area contributed by atoms with Gasteiger partial charge in [-0.2, -0.15) is 0 Å². The molecule has 1 aliphatic heterocycles. The summed E-state index contributed by atoms with van der Waals surface area (Å²) in [5.74, 6) is -0.568. The molecule has 178 valence electrons. The van der Waals surface area contributed by atoms with E-state index in [0.717, 1.165) is 22.2 Å². The van der Waals surface area contributed by atoms with Gasteiger partial charge in [-0.15, -0.1) is 0 Å². The van der Waals surface area contributed by atoms with Crippen LogP contribution in [0.1, 0.15) is 29.9 Å². The number of fused-ring (bicyclic) bond motifs is 2. The van der Waals surface area contributed by atoms with E-state index in [2.05, 4.69) is 14.7 Å². The van der Waals surface area contributed by atoms with E-state index in [9.17, 15) is 13.2 Å². The van der Waals surface area contributed by atoms with Crippen LogP contribution in [0.5, 0.6) is 11.5 Å². The number of benzene rings is 2. The molecule has 3 heterocycles. The molecular formula is C26H23N3O5S. The van der Waals surface area contributed by atoms with Crippen LogP contribution in [0.15, 0.2) is 71.8 Å². The minimum Gasteiger partial charge on any atom is -0.495 e. The Hall–Kier alpha value is -3.98. The van der Waals surface area contributed by atoms with Gasteiger partial charge in [0.2, 0.25) is 0 Å². The summed E-state index contributed by atoms with van der Waals surface area (Å²) in [6, 6.07) is 17.7. The smallest absolute Gasteiger partial charge is 0.283 e. The Morgan fingerprint density at radius 2 is 1.89 bits per heavy atom. The number of nitrogens with zero attached hydrogens (tertiary/aromatic N) is 2. The number of aromatic nitrogens is 2. The number of nitrogens with one attached hydrogen (secondary N) is 1. The third kappa shape index (κ3) is 3.97. The minimum absolute atomic E-state index is 0.0352. The topological polar surface area (TPSA) is 107 Å². The number of carbonyl (C=O) groups is 1. The van der Waals surface area contributed by atoms with Gasteiger partial charge < -0.3 is 9.47 Å². The molecule has 1 N–H and O–H groups in total. The van der Waals surface area contributed by atoms with E-state index in [1.165, 1.54) is 13.2 Å². The van der Waals surface area contributed by atoms with E-state index < -0.39 is 15.9 Å². The second-order valence-corrected chi connectivity index (χ2v) is 10.5. The maximum absolute atomic E-state index is 13.3. The van der Waals surface area contributed by atoms with Gasteiger partial charge in [0.1, 0.15) is 17.2 Å². The highest BCUT2D eigenvalue weighted by Gasteiger charge is 2.39. The number of methoxy groups -OCH3 is 1. The molecule has 0 spiro atoms. The van der Waals surface area contributed by atoms with Crippen molar-refractivity contribution in [3.05, 3.63) is 78.1 Å². The summed E-state index contributed by atoms with van der Waals surface area (Å²) in [6.07, 6.45) is 1.70. The Morgan fingerprint density at radius 1 is 1.06 bits per heavy atom. The van der Waals surface area contributed by atoms with Gasteiger partial charge in [-0.05, 0) is 36.4 Å². The molecule has 0 unspecified atom stereocenters. The first-order valence-electron chi connectivity index (χ1n) is 10.9. The van der Waals surface area contributed by atoms with Crippen molar-refractivity contribution in [1.29, 1.82) is 0 Å². The largest absolute Gasteiger partial charge is 0.495 e. The Morgan fingerprint density at radius 3 is 2.63 bits per heavy atom. The molecule has 0 atom stereocenters. The van der Waals surface area contributed by atoms with E-state index in [1.54, 1.807) is 30.5 Å². The Kier molecular flexibility index (Phi) is 5.44. The molecule has 2 aromatic heterocycles. The number of hydrogen-bond acceptors (Lipinski definition) is 7. The quantitative estimate of drug-likeness (QED) is 0.450. The molecule has 0 saturated heterocycles. The lowest BCUT2D eigenvalue weighted by molar-refractivity contribution is 0.0977. The summed E-state index contributed by atoms with van der Waals surface area (Å²) in [6.45, 7) is 4.23. The Labute approximate surface area is 203 Å². The number of carbonyl (C=O) groups excluding carboxylic acids is 1. The average molecular weight is 490 g/mol. The second-order valence-electron chi connectivity index (χ2n) is 8.86. The van der Waals surface area contributed by atoms with Crippen LogP contribution in [0.4, 0.5) is 0 Å². The van der Waals surface area contributed by atoms with Crippen LogP contribution >= 0.6 is 0 Å². The normalized spacial score (nSPS) is 14.3. The van der Waals surface area contributed by atoms with Gasteiger partial charge in [-0.25, -0.2) is 18.1 Å². The van der Waals surface area contributed by atoms with Crippen LogP contribution in [0.25, 0.3) is 22.2 Å². The molecule has 2 aromatic carbocycles. The van der Waals surface area contributed by atoms with Crippen molar-refractivity contribution in [1.82, 2.24) is 14.7 Å². The predicted molar refractivity (Wildman–Crippen MR) is 131 cm³/mol. The zero-order valence-corrected chi connectivity index (χ0v) is 20.2. The van der Waals surface area contributed by atoms with E-state index in [0.29, 0.717) is 12.1 Å². The first kappa shape index (κ1) is 22.8. The third-order valence-electron chi connectivity index (χ3n) is 6.00. The molecule has 5 rings (SSSR count). The van der Waals surface area contributed by atoms with Crippen LogP contribution < -0.4 is 14.2 Å². The average Bonchev–Trinajstić information content (AvgIpc) is 3.17. The predicted octanol–water partition coefficient (Wildman–Crippen LogP) is 4.09. The number of rotatable bonds is 5. The highest BCUT2D eigenvalue weighted by molar-refractivity contribution is 7.90. The summed E-state index contributed by atoms with van der Waals surface area (Å²) in [4.78, 5) is 21.6. The zero-order valence-electron chi connectivity index (χ0n) is 19.4. The van der Waals surface area contributed by atoms with Crippen LogP contribution in [0.2, 0.25) is 0 Å². The summed E-state index contributed by atoms with van der Waals surface area (Å²) in [5, 5.41) is 0.795. The van der Waals surface area contributed by atoms with Gasteiger partial charge in [0, 0.05) is 28.1 Å². The van der Waals surface area contributed by atoms with E-state index in [4.69, 9.17) is 9.47 Å². The van der Waals surface area contributed by atoms with Crippen molar-refractivity contribution in [2.24, 2.45) is 0 Å². The van der Waals surface area contributed by atoms with Gasteiger partial charge in [-0.3, -0.25) is 9.78 Å². The van der Waals surface area contributed by atoms with Crippen molar-refractivity contribution in [3.63, 3.8) is 0 Å². The van der Waals surface area contributed by atoms with Gasteiger partial charge in [0.05, 0.1) is 24.9 Å². The molecule has 8 nitrogen and oxygen atoms in total. The van der Waals surface area contributed by atoms with E-state index in [-0.39, 0.29) is 27.5 Å². The molecule has 9 heteroatoms. The van der Waals surface area contributed by atoms with Crippen molar-refractivity contribution in [2.45, 2.75) is 24.2 Å².